The molecular weight excluding hydrogens is 286 g/mol. The summed E-state index contributed by atoms with van der Waals surface area (Å²) >= 11 is 0. The van der Waals surface area contributed by atoms with Crippen LogP contribution in [0.5, 0.6) is 0 Å². The highest BCUT2D eigenvalue weighted by molar-refractivity contribution is 7.90. The first-order chi connectivity index (χ1) is 9.92. The van der Waals surface area contributed by atoms with Crippen LogP contribution >= 0.6 is 0 Å². The van der Waals surface area contributed by atoms with E-state index < -0.39 is 21.2 Å². The molecule has 0 bridgehead atoms. The van der Waals surface area contributed by atoms with E-state index in [1.807, 2.05) is 36.4 Å². The lowest BCUT2D eigenvalue weighted by Gasteiger charge is -2.12. The Hall–Kier alpha value is -2.14. The zero-order valence-corrected chi connectivity index (χ0v) is 12.7. The SMILES string of the molecule is CC(C)S(=O)(=O)NC(=O)c1ccccc1-c1ccccc1. The average molecular weight is 303 g/mol. The molecule has 0 heterocycles. The van der Waals surface area contributed by atoms with Crippen molar-refractivity contribution >= 4 is 15.9 Å². The maximum atomic E-state index is 12.3. The molecule has 5 heteroatoms. The van der Waals surface area contributed by atoms with Gasteiger partial charge in [-0.1, -0.05) is 48.5 Å². The van der Waals surface area contributed by atoms with Crippen molar-refractivity contribution in [3.8, 4) is 11.1 Å². The second kappa shape index (κ2) is 6.10. The maximum absolute atomic E-state index is 12.3. The summed E-state index contributed by atoms with van der Waals surface area (Å²) in [6.45, 7) is 3.05. The van der Waals surface area contributed by atoms with Gasteiger partial charge in [-0.25, -0.2) is 13.1 Å². The van der Waals surface area contributed by atoms with Gasteiger partial charge >= 0.3 is 0 Å². The fourth-order valence-corrected chi connectivity index (χ4v) is 2.46. The highest BCUT2D eigenvalue weighted by atomic mass is 32.2. The molecule has 110 valence electrons. The maximum Gasteiger partial charge on any atom is 0.265 e. The number of hydrogen-bond acceptors (Lipinski definition) is 3. The Morgan fingerprint density at radius 1 is 0.952 bits per heavy atom. The number of hydrogen-bond donors (Lipinski definition) is 1. The fourth-order valence-electron chi connectivity index (χ4n) is 1.85. The van der Waals surface area contributed by atoms with Crippen LogP contribution < -0.4 is 4.72 Å². The third-order valence-electron chi connectivity index (χ3n) is 3.11. The van der Waals surface area contributed by atoms with E-state index in [2.05, 4.69) is 4.72 Å². The van der Waals surface area contributed by atoms with Crippen molar-refractivity contribution in [2.75, 3.05) is 0 Å². The molecule has 0 atom stereocenters. The smallest absolute Gasteiger partial charge is 0.265 e. The van der Waals surface area contributed by atoms with Gasteiger partial charge in [0.25, 0.3) is 5.91 Å². The molecular formula is C16H17NO3S. The first kappa shape index (κ1) is 15.3. The molecule has 2 rings (SSSR count). The quantitative estimate of drug-likeness (QED) is 0.944. The Bertz CT molecular complexity index is 737. The van der Waals surface area contributed by atoms with Gasteiger partial charge in [0.1, 0.15) is 0 Å². The van der Waals surface area contributed by atoms with Crippen LogP contribution in [0, 0.1) is 0 Å². The molecule has 0 aliphatic rings. The van der Waals surface area contributed by atoms with E-state index in [9.17, 15) is 13.2 Å². The molecule has 0 aliphatic heterocycles. The second-order valence-corrected chi connectivity index (χ2v) is 7.17. The highest BCUT2D eigenvalue weighted by Gasteiger charge is 2.21. The zero-order chi connectivity index (χ0) is 15.5. The van der Waals surface area contributed by atoms with E-state index in [0.29, 0.717) is 11.1 Å². The van der Waals surface area contributed by atoms with Crippen LogP contribution in [0.2, 0.25) is 0 Å². The van der Waals surface area contributed by atoms with Crippen molar-refractivity contribution in [1.82, 2.24) is 4.72 Å². The first-order valence-corrected chi connectivity index (χ1v) is 8.17. The second-order valence-electron chi connectivity index (χ2n) is 4.94. The van der Waals surface area contributed by atoms with E-state index in [-0.39, 0.29) is 0 Å². The number of rotatable bonds is 4. The molecule has 1 amide bonds. The number of nitrogens with one attached hydrogen (secondary N) is 1. The molecule has 1 N–H and O–H groups in total. The minimum atomic E-state index is -3.64. The number of amides is 1. The van der Waals surface area contributed by atoms with Crippen LogP contribution in [0.25, 0.3) is 11.1 Å². The lowest BCUT2D eigenvalue weighted by molar-refractivity contribution is 0.0981. The summed E-state index contributed by atoms with van der Waals surface area (Å²) in [6.07, 6.45) is 0. The van der Waals surface area contributed by atoms with Crippen LogP contribution in [-0.4, -0.2) is 19.6 Å². The van der Waals surface area contributed by atoms with E-state index in [4.69, 9.17) is 0 Å². The van der Waals surface area contributed by atoms with Crippen LogP contribution in [0.3, 0.4) is 0 Å². The van der Waals surface area contributed by atoms with E-state index in [1.165, 1.54) is 13.8 Å². The van der Waals surface area contributed by atoms with Gasteiger partial charge in [0.15, 0.2) is 0 Å². The lowest BCUT2D eigenvalue weighted by atomic mass is 9.99. The third kappa shape index (κ3) is 3.49. The van der Waals surface area contributed by atoms with Gasteiger partial charge in [-0.05, 0) is 31.0 Å². The Kier molecular flexibility index (Phi) is 4.43. The third-order valence-corrected chi connectivity index (χ3v) is 4.82. The Morgan fingerprint density at radius 3 is 2.14 bits per heavy atom. The largest absolute Gasteiger partial charge is 0.268 e. The van der Waals surface area contributed by atoms with Gasteiger partial charge in [0.05, 0.1) is 5.25 Å². The minimum Gasteiger partial charge on any atom is -0.268 e. The molecule has 2 aromatic carbocycles. The van der Waals surface area contributed by atoms with Crippen molar-refractivity contribution in [3.63, 3.8) is 0 Å². The molecule has 0 aromatic heterocycles. The lowest BCUT2D eigenvalue weighted by Crippen LogP contribution is -2.36. The number of sulfonamides is 1. The first-order valence-electron chi connectivity index (χ1n) is 6.62. The summed E-state index contributed by atoms with van der Waals surface area (Å²) in [5.41, 5.74) is 1.91. The number of carbonyl (C=O) groups excluding carboxylic acids is 1. The summed E-state index contributed by atoms with van der Waals surface area (Å²) in [7, 11) is -3.64. The molecule has 0 saturated heterocycles. The molecule has 0 saturated carbocycles. The summed E-state index contributed by atoms with van der Waals surface area (Å²) < 4.78 is 25.8. The van der Waals surface area contributed by atoms with Gasteiger partial charge in [-0.2, -0.15) is 0 Å². The van der Waals surface area contributed by atoms with Crippen molar-refractivity contribution in [1.29, 1.82) is 0 Å². The molecule has 21 heavy (non-hydrogen) atoms. The predicted molar refractivity (Wildman–Crippen MR) is 83.4 cm³/mol. The van der Waals surface area contributed by atoms with E-state index in [0.717, 1.165) is 5.56 Å². The van der Waals surface area contributed by atoms with Crippen molar-refractivity contribution in [2.45, 2.75) is 19.1 Å². The summed E-state index contributed by atoms with van der Waals surface area (Å²) in [6, 6.07) is 16.3. The Labute approximate surface area is 124 Å². The van der Waals surface area contributed by atoms with Gasteiger partial charge in [0, 0.05) is 5.56 Å². The van der Waals surface area contributed by atoms with Gasteiger partial charge in [0.2, 0.25) is 10.0 Å². The number of carbonyl (C=O) groups is 1. The standard InChI is InChI=1S/C16H17NO3S/c1-12(2)21(19,20)17-16(18)15-11-7-6-10-14(15)13-8-4-3-5-9-13/h3-12H,1-2H3,(H,17,18). The van der Waals surface area contributed by atoms with E-state index >= 15 is 0 Å². The zero-order valence-electron chi connectivity index (χ0n) is 11.9. The normalized spacial score (nSPS) is 11.4. The molecule has 0 unspecified atom stereocenters. The minimum absolute atomic E-state index is 0.341. The topological polar surface area (TPSA) is 63.2 Å². The van der Waals surface area contributed by atoms with Crippen LogP contribution in [0.4, 0.5) is 0 Å². The van der Waals surface area contributed by atoms with Gasteiger partial charge in [-0.15, -0.1) is 0 Å². The molecule has 0 radical (unpaired) electrons. The highest BCUT2D eigenvalue weighted by Crippen LogP contribution is 2.23. The van der Waals surface area contributed by atoms with Crippen LogP contribution in [0.15, 0.2) is 54.6 Å². The molecule has 2 aromatic rings. The number of benzene rings is 2. The Morgan fingerprint density at radius 2 is 1.52 bits per heavy atom. The van der Waals surface area contributed by atoms with Crippen LogP contribution in [0.1, 0.15) is 24.2 Å². The fraction of sp³-hybridized carbons (Fsp3) is 0.188. The predicted octanol–water partition coefficient (Wildman–Crippen LogP) is 2.82. The summed E-state index contributed by atoms with van der Waals surface area (Å²) in [5.74, 6) is -0.608. The van der Waals surface area contributed by atoms with Crippen molar-refractivity contribution in [2.24, 2.45) is 0 Å². The van der Waals surface area contributed by atoms with Gasteiger partial charge < -0.3 is 0 Å². The van der Waals surface area contributed by atoms with Crippen molar-refractivity contribution in [3.05, 3.63) is 60.2 Å². The molecule has 0 spiro atoms. The molecule has 0 fully saturated rings. The monoisotopic (exact) mass is 303 g/mol. The van der Waals surface area contributed by atoms with Crippen LogP contribution in [-0.2, 0) is 10.0 Å². The summed E-state index contributed by atoms with van der Waals surface area (Å²) in [5, 5.41) is -0.662. The Balaban J connectivity index is 2.40. The summed E-state index contributed by atoms with van der Waals surface area (Å²) in [4.78, 5) is 12.3. The van der Waals surface area contributed by atoms with Gasteiger partial charge in [-0.3, -0.25) is 4.79 Å². The molecule has 0 aliphatic carbocycles. The molecule has 4 nitrogen and oxygen atoms in total. The van der Waals surface area contributed by atoms with E-state index in [1.54, 1.807) is 18.2 Å². The van der Waals surface area contributed by atoms with Crippen molar-refractivity contribution < 1.29 is 13.2 Å². The average Bonchev–Trinajstić information content (AvgIpc) is 2.47.